The summed E-state index contributed by atoms with van der Waals surface area (Å²) in [7, 11) is 0. The smallest absolute Gasteiger partial charge is 0.364 e. The molecule has 2 N–H and O–H groups in total. The number of rotatable bonds is 3. The van der Waals surface area contributed by atoms with Crippen molar-refractivity contribution >= 4 is 22.9 Å². The van der Waals surface area contributed by atoms with E-state index in [4.69, 9.17) is 0 Å². The Morgan fingerprint density at radius 1 is 1.19 bits per heavy atom. The first-order chi connectivity index (χ1) is 12.9. The molecule has 2 fully saturated rings. The number of imidazole rings is 1. The fraction of sp³-hybridized carbons (Fsp3) is 0.647. The minimum Gasteiger partial charge on any atom is -0.364 e. The van der Waals surface area contributed by atoms with Gasteiger partial charge in [0.05, 0.1) is 6.33 Å². The minimum atomic E-state index is -4.65. The number of aromatic nitrogens is 4. The third kappa shape index (κ3) is 3.70. The largest absolute Gasteiger partial charge is 0.451 e. The molecular formula is C17H21F3N6O. The van der Waals surface area contributed by atoms with E-state index in [9.17, 15) is 18.0 Å². The van der Waals surface area contributed by atoms with Crippen LogP contribution in [-0.4, -0.2) is 49.9 Å². The lowest BCUT2D eigenvalue weighted by molar-refractivity contribution is -0.144. The first-order valence-electron chi connectivity index (χ1n) is 9.25. The van der Waals surface area contributed by atoms with Gasteiger partial charge in [0.15, 0.2) is 11.5 Å². The highest BCUT2D eigenvalue weighted by Gasteiger charge is 2.37. The van der Waals surface area contributed by atoms with Crippen molar-refractivity contribution in [1.29, 1.82) is 0 Å². The minimum absolute atomic E-state index is 0.0343. The second-order valence-electron chi connectivity index (χ2n) is 7.24. The molecule has 1 aliphatic heterocycles. The fourth-order valence-electron chi connectivity index (χ4n) is 3.94. The van der Waals surface area contributed by atoms with Gasteiger partial charge < -0.3 is 15.2 Å². The molecule has 1 amide bonds. The molecule has 1 saturated heterocycles. The number of nitrogens with one attached hydrogen (secondary N) is 2. The van der Waals surface area contributed by atoms with Crippen LogP contribution in [0.25, 0.3) is 11.2 Å². The maximum Gasteiger partial charge on any atom is 0.451 e. The first-order valence-corrected chi connectivity index (χ1v) is 9.25. The van der Waals surface area contributed by atoms with Gasteiger partial charge in [-0.2, -0.15) is 13.2 Å². The summed E-state index contributed by atoms with van der Waals surface area (Å²) in [6.07, 6.45) is 2.53. The van der Waals surface area contributed by atoms with E-state index in [1.807, 2.05) is 4.90 Å². The molecule has 4 rings (SSSR count). The van der Waals surface area contributed by atoms with Crippen LogP contribution in [0.5, 0.6) is 0 Å². The average molecular weight is 382 g/mol. The Kier molecular flexibility index (Phi) is 4.65. The first kappa shape index (κ1) is 18.0. The lowest BCUT2D eigenvalue weighted by atomic mass is 9.88. The summed E-state index contributed by atoms with van der Waals surface area (Å²) in [4.78, 5) is 28.2. The number of carbonyl (C=O) groups excluding carboxylic acids is 1. The van der Waals surface area contributed by atoms with E-state index in [1.54, 1.807) is 0 Å². The van der Waals surface area contributed by atoms with Gasteiger partial charge in [-0.05, 0) is 19.3 Å². The van der Waals surface area contributed by atoms with Crippen LogP contribution in [0.4, 0.5) is 19.0 Å². The van der Waals surface area contributed by atoms with Gasteiger partial charge in [0.2, 0.25) is 11.7 Å². The Morgan fingerprint density at radius 2 is 1.96 bits per heavy atom. The number of amides is 1. The molecule has 0 bridgehead atoms. The lowest BCUT2D eigenvalue weighted by Gasteiger charge is -2.26. The molecule has 3 heterocycles. The molecule has 1 unspecified atom stereocenters. The van der Waals surface area contributed by atoms with Gasteiger partial charge in [-0.25, -0.2) is 15.0 Å². The number of hydrogen-bond donors (Lipinski definition) is 2. The number of nitrogens with zero attached hydrogens (tertiary/aromatic N) is 4. The Bertz CT molecular complexity index is 830. The van der Waals surface area contributed by atoms with Gasteiger partial charge in [0.1, 0.15) is 5.52 Å². The second-order valence-corrected chi connectivity index (χ2v) is 7.24. The van der Waals surface area contributed by atoms with E-state index < -0.39 is 12.0 Å². The van der Waals surface area contributed by atoms with Gasteiger partial charge in [0.25, 0.3) is 0 Å². The molecular weight excluding hydrogens is 361 g/mol. The molecule has 0 aromatic carbocycles. The van der Waals surface area contributed by atoms with Crippen molar-refractivity contribution in [3.05, 3.63) is 12.2 Å². The predicted octanol–water partition coefficient (Wildman–Crippen LogP) is 2.96. The van der Waals surface area contributed by atoms with Gasteiger partial charge in [-0.1, -0.05) is 19.3 Å². The zero-order chi connectivity index (χ0) is 19.0. The summed E-state index contributed by atoms with van der Waals surface area (Å²) in [5.41, 5.74) is 0.299. The maximum atomic E-state index is 13.0. The van der Waals surface area contributed by atoms with Crippen LogP contribution < -0.4 is 5.32 Å². The Hall–Kier alpha value is -2.39. The maximum absolute atomic E-state index is 13.0. The van der Waals surface area contributed by atoms with E-state index >= 15 is 0 Å². The summed E-state index contributed by atoms with van der Waals surface area (Å²) in [5.74, 6) is -0.892. The highest BCUT2D eigenvalue weighted by Crippen LogP contribution is 2.31. The summed E-state index contributed by atoms with van der Waals surface area (Å²) in [6, 6.07) is -0.153. The second kappa shape index (κ2) is 6.97. The molecule has 2 aromatic heterocycles. The summed E-state index contributed by atoms with van der Waals surface area (Å²) >= 11 is 0. The fourth-order valence-corrected chi connectivity index (χ4v) is 3.94. The van der Waals surface area contributed by atoms with Crippen molar-refractivity contribution in [2.75, 3.05) is 18.4 Å². The topological polar surface area (TPSA) is 86.8 Å². The van der Waals surface area contributed by atoms with Gasteiger partial charge in [-0.15, -0.1) is 0 Å². The zero-order valence-corrected chi connectivity index (χ0v) is 14.7. The number of likely N-dealkylation sites (tertiary alicyclic amines) is 1. The summed E-state index contributed by atoms with van der Waals surface area (Å²) in [6.45, 7) is 1.08. The Labute approximate surface area is 153 Å². The van der Waals surface area contributed by atoms with Crippen LogP contribution in [0.2, 0.25) is 0 Å². The molecule has 0 spiro atoms. The standard InChI is InChI=1S/C17H21F3N6O/c18-17(19,20)16-24-13-12(21-9-22-13)14(25-16)23-11-6-7-26(8-11)15(27)10-4-2-1-3-5-10/h9-11H,1-8H2,(H2,21,22,23,24,25). The van der Waals surface area contributed by atoms with E-state index in [-0.39, 0.29) is 29.3 Å². The van der Waals surface area contributed by atoms with Crippen LogP contribution >= 0.6 is 0 Å². The van der Waals surface area contributed by atoms with Crippen LogP contribution in [-0.2, 0) is 11.0 Å². The molecule has 27 heavy (non-hydrogen) atoms. The van der Waals surface area contributed by atoms with Crippen molar-refractivity contribution in [3.8, 4) is 0 Å². The van der Waals surface area contributed by atoms with Crippen LogP contribution in [0.1, 0.15) is 44.3 Å². The number of hydrogen-bond acceptors (Lipinski definition) is 5. The number of carbonyl (C=O) groups is 1. The van der Waals surface area contributed by atoms with Gasteiger partial charge in [0, 0.05) is 25.0 Å². The van der Waals surface area contributed by atoms with E-state index in [2.05, 4.69) is 25.3 Å². The highest BCUT2D eigenvalue weighted by atomic mass is 19.4. The monoisotopic (exact) mass is 382 g/mol. The van der Waals surface area contributed by atoms with Crippen LogP contribution in [0.3, 0.4) is 0 Å². The molecule has 1 saturated carbocycles. The lowest BCUT2D eigenvalue weighted by Crippen LogP contribution is -2.37. The quantitative estimate of drug-likeness (QED) is 0.852. The van der Waals surface area contributed by atoms with E-state index in [0.29, 0.717) is 25.0 Å². The summed E-state index contributed by atoms with van der Waals surface area (Å²) in [5, 5.41) is 3.05. The number of halogens is 3. The Balaban J connectivity index is 1.48. The van der Waals surface area contributed by atoms with Crippen molar-refractivity contribution in [1.82, 2.24) is 24.8 Å². The normalized spacial score (nSPS) is 21.7. The van der Waals surface area contributed by atoms with E-state index in [1.165, 1.54) is 12.7 Å². The van der Waals surface area contributed by atoms with Crippen LogP contribution in [0.15, 0.2) is 6.33 Å². The molecule has 1 atom stereocenters. The van der Waals surface area contributed by atoms with Crippen molar-refractivity contribution < 1.29 is 18.0 Å². The average Bonchev–Trinajstić information content (AvgIpc) is 3.30. The Morgan fingerprint density at radius 3 is 2.70 bits per heavy atom. The van der Waals surface area contributed by atoms with E-state index in [0.717, 1.165) is 25.7 Å². The number of H-pyrrole nitrogens is 1. The summed E-state index contributed by atoms with van der Waals surface area (Å²) < 4.78 is 39.1. The molecule has 7 nitrogen and oxygen atoms in total. The number of fused-ring (bicyclic) bond motifs is 1. The number of aromatic amines is 1. The SMILES string of the molecule is O=C(C1CCCCC1)N1CCC(Nc2nc(C(F)(F)F)nc3nc[nH]c23)C1. The van der Waals surface area contributed by atoms with Crippen molar-refractivity contribution in [2.24, 2.45) is 5.92 Å². The van der Waals surface area contributed by atoms with Crippen molar-refractivity contribution in [3.63, 3.8) is 0 Å². The number of anilines is 1. The molecule has 1 aliphatic carbocycles. The number of alkyl halides is 3. The third-order valence-corrected chi connectivity index (χ3v) is 5.33. The molecule has 2 aromatic rings. The molecule has 2 aliphatic rings. The molecule has 10 heteroatoms. The molecule has 0 radical (unpaired) electrons. The third-order valence-electron chi connectivity index (χ3n) is 5.33. The van der Waals surface area contributed by atoms with Gasteiger partial charge >= 0.3 is 6.18 Å². The molecule has 146 valence electrons. The van der Waals surface area contributed by atoms with Gasteiger partial charge in [-0.3, -0.25) is 4.79 Å². The zero-order valence-electron chi connectivity index (χ0n) is 14.7. The predicted molar refractivity (Wildman–Crippen MR) is 91.9 cm³/mol. The van der Waals surface area contributed by atoms with Crippen LogP contribution in [0, 0.1) is 5.92 Å². The highest BCUT2D eigenvalue weighted by molar-refractivity contribution is 5.83. The van der Waals surface area contributed by atoms with Crippen molar-refractivity contribution in [2.45, 2.75) is 50.7 Å².